The molecule has 0 spiro atoms. The van der Waals surface area contributed by atoms with Crippen molar-refractivity contribution in [3.8, 4) is 0 Å². The van der Waals surface area contributed by atoms with Gasteiger partial charge in [-0.3, -0.25) is 14.4 Å². The van der Waals surface area contributed by atoms with Crippen molar-refractivity contribution < 1.29 is 9.59 Å². The van der Waals surface area contributed by atoms with Gasteiger partial charge in [-0.2, -0.15) is 0 Å². The molecule has 29 heavy (non-hydrogen) atoms. The molecule has 0 aliphatic rings. The molecule has 1 aromatic carbocycles. The van der Waals surface area contributed by atoms with E-state index >= 15 is 0 Å². The Balaban J connectivity index is 2.28. The molecule has 1 heterocycles. The van der Waals surface area contributed by atoms with Crippen molar-refractivity contribution in [3.63, 3.8) is 0 Å². The molecule has 152 valence electrons. The minimum absolute atomic E-state index is 0.0914. The van der Waals surface area contributed by atoms with Gasteiger partial charge in [-0.1, -0.05) is 30.3 Å². The molecule has 0 aliphatic carbocycles. The molecule has 0 bridgehead atoms. The molecular weight excluding hydrogens is 370 g/mol. The summed E-state index contributed by atoms with van der Waals surface area (Å²) in [5, 5.41) is 15.4. The van der Waals surface area contributed by atoms with Gasteiger partial charge < -0.3 is 25.9 Å². The van der Waals surface area contributed by atoms with Crippen LogP contribution in [0.3, 0.4) is 0 Å². The SMILES string of the molecule is CN/C=C(\C=N)CCNC(=O)c1cc(C(=O)NC)c(=O)n(Cc2ccccc2)c1. The van der Waals surface area contributed by atoms with Crippen LogP contribution < -0.4 is 21.5 Å². The fourth-order valence-corrected chi connectivity index (χ4v) is 2.75. The Hall–Kier alpha value is -3.68. The molecule has 0 fully saturated rings. The van der Waals surface area contributed by atoms with Gasteiger partial charge in [-0.15, -0.1) is 0 Å². The highest BCUT2D eigenvalue weighted by Crippen LogP contribution is 2.06. The zero-order chi connectivity index (χ0) is 21.2. The first-order valence-electron chi connectivity index (χ1n) is 9.15. The van der Waals surface area contributed by atoms with E-state index in [2.05, 4.69) is 16.0 Å². The highest BCUT2D eigenvalue weighted by Gasteiger charge is 2.17. The fraction of sp³-hybridized carbons (Fsp3) is 0.238. The zero-order valence-electron chi connectivity index (χ0n) is 16.5. The van der Waals surface area contributed by atoms with Gasteiger partial charge in [0.2, 0.25) is 0 Å². The summed E-state index contributed by atoms with van der Waals surface area (Å²) < 4.78 is 1.36. The topological polar surface area (TPSA) is 116 Å². The van der Waals surface area contributed by atoms with Crippen LogP contribution in [0.1, 0.15) is 32.7 Å². The molecule has 2 aromatic rings. The Morgan fingerprint density at radius 2 is 1.86 bits per heavy atom. The van der Waals surface area contributed by atoms with Crippen molar-refractivity contribution in [1.82, 2.24) is 20.5 Å². The molecule has 0 aliphatic heterocycles. The number of nitrogens with one attached hydrogen (secondary N) is 4. The number of benzene rings is 1. The third-order valence-electron chi connectivity index (χ3n) is 4.23. The van der Waals surface area contributed by atoms with E-state index in [0.29, 0.717) is 13.0 Å². The number of carbonyl (C=O) groups excluding carboxylic acids is 2. The maximum Gasteiger partial charge on any atom is 0.263 e. The molecular formula is C21H25N5O3. The van der Waals surface area contributed by atoms with E-state index < -0.39 is 17.4 Å². The predicted octanol–water partition coefficient (Wildman–Crippen LogP) is 1.13. The van der Waals surface area contributed by atoms with Crippen molar-refractivity contribution in [2.75, 3.05) is 20.6 Å². The van der Waals surface area contributed by atoms with Gasteiger partial charge in [0, 0.05) is 39.3 Å². The second kappa shape index (κ2) is 10.6. The summed E-state index contributed by atoms with van der Waals surface area (Å²) in [4.78, 5) is 37.4. The number of hydrogen-bond donors (Lipinski definition) is 4. The minimum Gasteiger partial charge on any atom is -0.394 e. The van der Waals surface area contributed by atoms with E-state index in [1.165, 1.54) is 30.1 Å². The largest absolute Gasteiger partial charge is 0.394 e. The lowest BCUT2D eigenvalue weighted by molar-refractivity contribution is 0.0953. The third kappa shape index (κ3) is 5.90. The molecule has 0 saturated heterocycles. The summed E-state index contributed by atoms with van der Waals surface area (Å²) in [6.07, 6.45) is 4.83. The smallest absolute Gasteiger partial charge is 0.263 e. The normalized spacial score (nSPS) is 10.9. The van der Waals surface area contributed by atoms with Gasteiger partial charge in [0.1, 0.15) is 5.56 Å². The lowest BCUT2D eigenvalue weighted by atomic mass is 10.1. The van der Waals surface area contributed by atoms with Crippen LogP contribution in [-0.4, -0.2) is 43.2 Å². The number of aromatic nitrogens is 1. The molecule has 2 amide bonds. The van der Waals surface area contributed by atoms with Gasteiger partial charge in [0.15, 0.2) is 0 Å². The lowest BCUT2D eigenvalue weighted by Crippen LogP contribution is -2.34. The van der Waals surface area contributed by atoms with Crippen LogP contribution in [0.25, 0.3) is 0 Å². The first-order valence-corrected chi connectivity index (χ1v) is 9.15. The zero-order valence-corrected chi connectivity index (χ0v) is 16.5. The fourth-order valence-electron chi connectivity index (χ4n) is 2.75. The van der Waals surface area contributed by atoms with Crippen LogP contribution in [-0.2, 0) is 6.54 Å². The van der Waals surface area contributed by atoms with E-state index in [1.807, 2.05) is 30.3 Å². The number of amides is 2. The average molecular weight is 395 g/mol. The molecule has 0 atom stereocenters. The van der Waals surface area contributed by atoms with Gasteiger partial charge in [-0.25, -0.2) is 0 Å². The average Bonchev–Trinajstić information content (AvgIpc) is 2.74. The highest BCUT2D eigenvalue weighted by atomic mass is 16.2. The van der Waals surface area contributed by atoms with Crippen LogP contribution in [0.5, 0.6) is 0 Å². The van der Waals surface area contributed by atoms with Crippen LogP contribution in [0.4, 0.5) is 0 Å². The molecule has 0 unspecified atom stereocenters. The molecule has 1 aromatic heterocycles. The standard InChI is InChI=1S/C21H25N5O3/c1-23-12-16(11-22)8-9-25-19(27)17-10-18(20(28)24-2)21(29)26(14-17)13-15-6-4-3-5-7-15/h3-7,10-12,14,22-23H,8-9,13H2,1-2H3,(H,24,28)(H,25,27)/b16-12-,22-11?. The summed E-state index contributed by atoms with van der Waals surface area (Å²) in [5.41, 5.74) is 1.27. The van der Waals surface area contributed by atoms with Gasteiger partial charge in [0.05, 0.1) is 12.1 Å². The van der Waals surface area contributed by atoms with Crippen LogP contribution in [0.15, 0.2) is 59.2 Å². The van der Waals surface area contributed by atoms with Crippen molar-refractivity contribution in [3.05, 3.63) is 81.4 Å². The lowest BCUT2D eigenvalue weighted by Gasteiger charge is -2.12. The second-order valence-corrected chi connectivity index (χ2v) is 6.30. The van der Waals surface area contributed by atoms with Crippen molar-refractivity contribution in [1.29, 1.82) is 5.41 Å². The summed E-state index contributed by atoms with van der Waals surface area (Å²) in [7, 11) is 3.17. The van der Waals surface area contributed by atoms with E-state index in [1.54, 1.807) is 13.2 Å². The van der Waals surface area contributed by atoms with E-state index in [0.717, 1.165) is 11.1 Å². The maximum absolute atomic E-state index is 12.7. The Kier molecular flexibility index (Phi) is 7.90. The van der Waals surface area contributed by atoms with Gasteiger partial charge in [0.25, 0.3) is 17.4 Å². The monoisotopic (exact) mass is 395 g/mol. The highest BCUT2D eigenvalue weighted by molar-refractivity contribution is 5.99. The number of pyridine rings is 1. The first-order chi connectivity index (χ1) is 14.0. The molecule has 8 heteroatoms. The molecule has 0 radical (unpaired) electrons. The van der Waals surface area contributed by atoms with Crippen LogP contribution in [0, 0.1) is 5.41 Å². The van der Waals surface area contributed by atoms with Crippen molar-refractivity contribution in [2.45, 2.75) is 13.0 Å². The van der Waals surface area contributed by atoms with Crippen molar-refractivity contribution in [2.24, 2.45) is 0 Å². The summed E-state index contributed by atoms with van der Waals surface area (Å²) >= 11 is 0. The second-order valence-electron chi connectivity index (χ2n) is 6.30. The molecule has 0 saturated carbocycles. The van der Waals surface area contributed by atoms with Crippen LogP contribution in [0.2, 0.25) is 0 Å². The maximum atomic E-state index is 12.7. The predicted molar refractivity (Wildman–Crippen MR) is 113 cm³/mol. The summed E-state index contributed by atoms with van der Waals surface area (Å²) in [6, 6.07) is 10.6. The van der Waals surface area contributed by atoms with E-state index in [9.17, 15) is 14.4 Å². The number of hydrogen-bond acceptors (Lipinski definition) is 5. The number of nitrogens with zero attached hydrogens (tertiary/aromatic N) is 1. The van der Waals surface area contributed by atoms with E-state index in [4.69, 9.17) is 5.41 Å². The summed E-state index contributed by atoms with van der Waals surface area (Å²) in [5.74, 6) is -0.944. The van der Waals surface area contributed by atoms with Crippen molar-refractivity contribution >= 4 is 18.0 Å². The minimum atomic E-state index is -0.547. The van der Waals surface area contributed by atoms with Gasteiger partial charge >= 0.3 is 0 Å². The Bertz CT molecular complexity index is 964. The van der Waals surface area contributed by atoms with E-state index in [-0.39, 0.29) is 17.7 Å². The third-order valence-corrected chi connectivity index (χ3v) is 4.23. The van der Waals surface area contributed by atoms with Gasteiger partial charge in [-0.05, 0) is 23.6 Å². The summed E-state index contributed by atoms with van der Waals surface area (Å²) in [6.45, 7) is 0.558. The molecule has 8 nitrogen and oxygen atoms in total. The number of rotatable bonds is 9. The molecule has 4 N–H and O–H groups in total. The molecule has 2 rings (SSSR count). The quantitative estimate of drug-likeness (QED) is 0.476. The Morgan fingerprint density at radius 3 is 2.48 bits per heavy atom. The van der Waals surface area contributed by atoms with Crippen LogP contribution >= 0.6 is 0 Å². The number of carbonyl (C=O) groups is 2. The Morgan fingerprint density at radius 1 is 1.14 bits per heavy atom. The Labute approximate surface area is 169 Å². The first kappa shape index (κ1) is 21.6.